The van der Waals surface area contributed by atoms with E-state index in [-0.39, 0.29) is 24.0 Å². The van der Waals surface area contributed by atoms with Crippen molar-refractivity contribution in [2.45, 2.75) is 63.4 Å². The summed E-state index contributed by atoms with van der Waals surface area (Å²) in [4.78, 5) is 24.7. The van der Waals surface area contributed by atoms with Crippen LogP contribution in [-0.2, 0) is 21.6 Å². The Morgan fingerprint density at radius 3 is 2.00 bits per heavy atom. The van der Waals surface area contributed by atoms with Crippen LogP contribution in [-0.4, -0.2) is 25.1 Å². The molecule has 2 aromatic rings. The molecule has 31 heavy (non-hydrogen) atoms. The Bertz CT molecular complexity index is 802. The van der Waals surface area contributed by atoms with Crippen molar-refractivity contribution < 1.29 is 14.3 Å². The van der Waals surface area contributed by atoms with Crippen LogP contribution in [0.15, 0.2) is 60.7 Å². The first-order chi connectivity index (χ1) is 15.2. The van der Waals surface area contributed by atoms with Gasteiger partial charge in [-0.05, 0) is 36.8 Å². The smallest absolute Gasteiger partial charge is 0.407 e. The normalized spacial score (nSPS) is 14.7. The monoisotopic (exact) mass is 422 g/mol. The molecule has 1 saturated carbocycles. The molecule has 0 aromatic heterocycles. The SMILES string of the molecule is O=C(NCCCCCCNC(=O)C1(c2ccccc2)CCCC1)OCc1ccccc1. The van der Waals surface area contributed by atoms with Crippen molar-refractivity contribution in [2.75, 3.05) is 13.1 Å². The van der Waals surface area contributed by atoms with E-state index in [1.54, 1.807) is 0 Å². The fraction of sp³-hybridized carbons (Fsp3) is 0.462. The van der Waals surface area contributed by atoms with Crippen LogP contribution in [0.2, 0.25) is 0 Å². The standard InChI is InChI=1S/C26H34N2O3/c29-24(26(17-9-10-18-26)23-15-7-4-8-16-23)27-19-11-1-2-12-20-28-25(30)31-21-22-13-5-3-6-14-22/h3-8,13-16H,1-2,9-12,17-21H2,(H,27,29)(H,28,30). The van der Waals surface area contributed by atoms with E-state index in [9.17, 15) is 9.59 Å². The maximum Gasteiger partial charge on any atom is 0.407 e. The number of ether oxygens (including phenoxy) is 1. The molecule has 166 valence electrons. The summed E-state index contributed by atoms with van der Waals surface area (Å²) < 4.78 is 5.20. The van der Waals surface area contributed by atoms with Crippen molar-refractivity contribution in [2.24, 2.45) is 0 Å². The Morgan fingerprint density at radius 2 is 1.35 bits per heavy atom. The third-order valence-electron chi connectivity index (χ3n) is 6.09. The number of unbranched alkanes of at least 4 members (excludes halogenated alkanes) is 3. The molecule has 5 nitrogen and oxygen atoms in total. The minimum Gasteiger partial charge on any atom is -0.445 e. The van der Waals surface area contributed by atoms with Gasteiger partial charge >= 0.3 is 6.09 Å². The van der Waals surface area contributed by atoms with Gasteiger partial charge in [0.25, 0.3) is 0 Å². The van der Waals surface area contributed by atoms with Gasteiger partial charge in [-0.15, -0.1) is 0 Å². The molecule has 0 saturated heterocycles. The van der Waals surface area contributed by atoms with E-state index in [0.29, 0.717) is 13.1 Å². The zero-order valence-corrected chi connectivity index (χ0v) is 18.3. The number of alkyl carbamates (subject to hydrolysis) is 1. The van der Waals surface area contributed by atoms with E-state index in [0.717, 1.165) is 62.5 Å². The third kappa shape index (κ3) is 6.84. The van der Waals surface area contributed by atoms with Gasteiger partial charge in [-0.1, -0.05) is 86.3 Å². The Morgan fingerprint density at radius 1 is 0.774 bits per heavy atom. The van der Waals surface area contributed by atoms with Gasteiger partial charge in [-0.3, -0.25) is 4.79 Å². The van der Waals surface area contributed by atoms with Crippen molar-refractivity contribution in [1.82, 2.24) is 10.6 Å². The molecular weight excluding hydrogens is 388 g/mol. The van der Waals surface area contributed by atoms with Crippen LogP contribution in [0.4, 0.5) is 4.79 Å². The molecule has 0 spiro atoms. The molecule has 0 aliphatic heterocycles. The quantitative estimate of drug-likeness (QED) is 0.495. The summed E-state index contributed by atoms with van der Waals surface area (Å²) in [5.41, 5.74) is 1.78. The lowest BCUT2D eigenvalue weighted by Crippen LogP contribution is -2.42. The second-order valence-corrected chi connectivity index (χ2v) is 8.31. The molecule has 2 aromatic carbocycles. The molecule has 0 radical (unpaired) electrons. The summed E-state index contributed by atoms with van der Waals surface area (Å²) >= 11 is 0. The highest BCUT2D eigenvalue weighted by molar-refractivity contribution is 5.88. The van der Waals surface area contributed by atoms with E-state index in [4.69, 9.17) is 4.74 Å². The molecule has 3 rings (SSSR count). The van der Waals surface area contributed by atoms with Crippen molar-refractivity contribution in [3.8, 4) is 0 Å². The van der Waals surface area contributed by atoms with Crippen LogP contribution in [0.5, 0.6) is 0 Å². The van der Waals surface area contributed by atoms with Gasteiger partial charge in [0, 0.05) is 13.1 Å². The van der Waals surface area contributed by atoms with Crippen LogP contribution >= 0.6 is 0 Å². The van der Waals surface area contributed by atoms with Crippen molar-refractivity contribution in [1.29, 1.82) is 0 Å². The van der Waals surface area contributed by atoms with E-state index < -0.39 is 0 Å². The number of benzene rings is 2. The maximum atomic E-state index is 13.0. The minimum atomic E-state index is -0.376. The Kier molecular flexibility index (Phi) is 8.95. The van der Waals surface area contributed by atoms with Gasteiger partial charge in [-0.2, -0.15) is 0 Å². The van der Waals surface area contributed by atoms with Gasteiger partial charge < -0.3 is 15.4 Å². The number of carbonyl (C=O) groups is 2. The fourth-order valence-electron chi connectivity index (χ4n) is 4.32. The summed E-state index contributed by atoms with van der Waals surface area (Å²) in [5.74, 6) is 0.180. The summed E-state index contributed by atoms with van der Waals surface area (Å²) in [6.45, 7) is 1.61. The number of rotatable bonds is 11. The predicted molar refractivity (Wildman–Crippen MR) is 123 cm³/mol. The zero-order chi connectivity index (χ0) is 21.8. The van der Waals surface area contributed by atoms with Crippen molar-refractivity contribution >= 4 is 12.0 Å². The maximum absolute atomic E-state index is 13.0. The van der Waals surface area contributed by atoms with Crippen LogP contribution in [0.25, 0.3) is 0 Å². The highest BCUT2D eigenvalue weighted by atomic mass is 16.5. The van der Waals surface area contributed by atoms with Crippen LogP contribution in [0.3, 0.4) is 0 Å². The predicted octanol–water partition coefficient (Wildman–Crippen LogP) is 5.10. The fourth-order valence-corrected chi connectivity index (χ4v) is 4.32. The molecule has 2 amide bonds. The average molecular weight is 423 g/mol. The molecule has 1 aliphatic carbocycles. The number of carbonyl (C=O) groups excluding carboxylic acids is 2. The lowest BCUT2D eigenvalue weighted by atomic mass is 9.78. The molecule has 0 unspecified atom stereocenters. The lowest BCUT2D eigenvalue weighted by molar-refractivity contribution is -0.126. The summed E-state index contributed by atoms with van der Waals surface area (Å²) in [5, 5.41) is 5.97. The second kappa shape index (κ2) is 12.1. The van der Waals surface area contributed by atoms with Crippen molar-refractivity contribution in [3.05, 3.63) is 71.8 Å². The Balaban J connectivity index is 1.25. The number of nitrogens with one attached hydrogen (secondary N) is 2. The lowest BCUT2D eigenvalue weighted by Gasteiger charge is -2.28. The van der Waals surface area contributed by atoms with E-state index in [1.165, 1.54) is 0 Å². The van der Waals surface area contributed by atoms with E-state index >= 15 is 0 Å². The molecule has 1 fully saturated rings. The van der Waals surface area contributed by atoms with E-state index in [1.807, 2.05) is 48.5 Å². The summed E-state index contributed by atoms with van der Waals surface area (Å²) in [6, 6.07) is 19.9. The average Bonchev–Trinajstić information content (AvgIpc) is 3.32. The molecule has 5 heteroatoms. The largest absolute Gasteiger partial charge is 0.445 e. The van der Waals surface area contributed by atoms with Gasteiger partial charge in [0.2, 0.25) is 5.91 Å². The summed E-state index contributed by atoms with van der Waals surface area (Å²) in [6.07, 6.45) is 7.63. The van der Waals surface area contributed by atoms with E-state index in [2.05, 4.69) is 22.8 Å². The molecular formula is C26H34N2O3. The van der Waals surface area contributed by atoms with Gasteiger partial charge in [0.15, 0.2) is 0 Å². The van der Waals surface area contributed by atoms with Crippen LogP contribution in [0.1, 0.15) is 62.5 Å². The molecule has 2 N–H and O–H groups in total. The number of hydrogen-bond acceptors (Lipinski definition) is 3. The zero-order valence-electron chi connectivity index (χ0n) is 18.3. The van der Waals surface area contributed by atoms with Gasteiger partial charge in [0.05, 0.1) is 5.41 Å². The van der Waals surface area contributed by atoms with Crippen molar-refractivity contribution in [3.63, 3.8) is 0 Å². The first-order valence-corrected chi connectivity index (χ1v) is 11.5. The van der Waals surface area contributed by atoms with Gasteiger partial charge in [0.1, 0.15) is 6.61 Å². The molecule has 0 bridgehead atoms. The summed E-state index contributed by atoms with van der Waals surface area (Å²) in [7, 11) is 0. The highest BCUT2D eigenvalue weighted by Crippen LogP contribution is 2.41. The number of amides is 2. The third-order valence-corrected chi connectivity index (χ3v) is 6.09. The number of hydrogen-bond donors (Lipinski definition) is 2. The molecule has 1 aliphatic rings. The molecule has 0 atom stereocenters. The minimum absolute atomic E-state index is 0.180. The van der Waals surface area contributed by atoms with Gasteiger partial charge in [-0.25, -0.2) is 4.79 Å². The Hall–Kier alpha value is -2.82. The Labute approximate surface area is 185 Å². The highest BCUT2D eigenvalue weighted by Gasteiger charge is 2.42. The first kappa shape index (κ1) is 22.9. The van der Waals surface area contributed by atoms with Crippen LogP contribution in [0, 0.1) is 0 Å². The second-order valence-electron chi connectivity index (χ2n) is 8.31. The van der Waals surface area contributed by atoms with Crippen LogP contribution < -0.4 is 10.6 Å². The topological polar surface area (TPSA) is 67.4 Å². The first-order valence-electron chi connectivity index (χ1n) is 11.5. The molecule has 0 heterocycles.